The maximum atomic E-state index is 11.8. The number of hydrogen-bond acceptors (Lipinski definition) is 4. The van der Waals surface area contributed by atoms with E-state index < -0.39 is 29.5 Å². The van der Waals surface area contributed by atoms with E-state index in [4.69, 9.17) is 14.6 Å². The van der Waals surface area contributed by atoms with Gasteiger partial charge in [0.1, 0.15) is 0 Å². The van der Waals surface area contributed by atoms with E-state index in [9.17, 15) is 9.59 Å². The van der Waals surface area contributed by atoms with E-state index in [2.05, 4.69) is 5.32 Å². The van der Waals surface area contributed by atoms with Gasteiger partial charge in [0.15, 0.2) is 6.29 Å². The van der Waals surface area contributed by atoms with Gasteiger partial charge in [0.25, 0.3) is 0 Å². The Kier molecular flexibility index (Phi) is 4.11. The van der Waals surface area contributed by atoms with Crippen molar-refractivity contribution < 1.29 is 24.2 Å². The number of rotatable bonds is 6. The fourth-order valence-corrected chi connectivity index (χ4v) is 2.14. The number of carboxylic acid groups (broad SMARTS) is 1. The average Bonchev–Trinajstić information content (AvgIpc) is 2.83. The fraction of sp³-hybridized carbons (Fsp3) is 0.818. The second-order valence-corrected chi connectivity index (χ2v) is 4.76. The van der Waals surface area contributed by atoms with Crippen LogP contribution in [0.2, 0.25) is 0 Å². The molecule has 0 spiro atoms. The van der Waals surface area contributed by atoms with Crippen LogP contribution in [0.3, 0.4) is 0 Å². The zero-order chi connectivity index (χ0) is 13.2. The maximum absolute atomic E-state index is 11.8. The van der Waals surface area contributed by atoms with Crippen molar-refractivity contribution in [3.8, 4) is 0 Å². The first kappa shape index (κ1) is 13.9. The van der Waals surface area contributed by atoms with E-state index in [1.54, 1.807) is 13.8 Å². The number of aliphatic carboxylic acids is 1. The van der Waals surface area contributed by atoms with Crippen LogP contribution in [0.25, 0.3) is 0 Å². The molecule has 6 nitrogen and oxygen atoms in total. The Bertz CT molecular complexity index is 311. The van der Waals surface area contributed by atoms with E-state index in [1.807, 2.05) is 0 Å². The van der Waals surface area contributed by atoms with Crippen LogP contribution >= 0.6 is 0 Å². The van der Waals surface area contributed by atoms with E-state index in [-0.39, 0.29) is 12.5 Å². The van der Waals surface area contributed by atoms with Crippen LogP contribution < -0.4 is 5.32 Å². The molecular formula is C11H19NO5. The van der Waals surface area contributed by atoms with Crippen molar-refractivity contribution in [3.05, 3.63) is 0 Å². The fourth-order valence-electron chi connectivity index (χ4n) is 2.14. The molecule has 2 atom stereocenters. The third-order valence-electron chi connectivity index (χ3n) is 3.34. The molecular weight excluding hydrogens is 226 g/mol. The number of carbonyl (C=O) groups is 2. The Morgan fingerprint density at radius 3 is 2.18 bits per heavy atom. The van der Waals surface area contributed by atoms with Gasteiger partial charge in [-0.3, -0.25) is 9.59 Å². The lowest BCUT2D eigenvalue weighted by atomic mass is 10.1. The predicted octanol–water partition coefficient (Wildman–Crippen LogP) is 0.0783. The minimum atomic E-state index is -0.926. The molecule has 6 heteroatoms. The first-order chi connectivity index (χ1) is 7.86. The van der Waals surface area contributed by atoms with Crippen LogP contribution in [-0.2, 0) is 19.1 Å². The standard InChI is InChI=1S/C11H19NO5/c1-11(2)7(8(11)10(14)15)9(13)12-5-6(16-3)17-4/h6-8H,5H2,1-4H3,(H,12,13)(H,14,15). The number of ether oxygens (including phenoxy) is 2. The zero-order valence-electron chi connectivity index (χ0n) is 10.5. The van der Waals surface area contributed by atoms with Gasteiger partial charge in [-0.2, -0.15) is 0 Å². The van der Waals surface area contributed by atoms with Crippen molar-refractivity contribution in [1.82, 2.24) is 5.32 Å². The summed E-state index contributed by atoms with van der Waals surface area (Å²) in [6.07, 6.45) is -0.510. The summed E-state index contributed by atoms with van der Waals surface area (Å²) in [5.74, 6) is -2.27. The molecule has 1 aliphatic carbocycles. The Labute approximate surface area is 100 Å². The number of carbonyl (C=O) groups excluding carboxylic acids is 1. The Morgan fingerprint density at radius 1 is 1.29 bits per heavy atom. The van der Waals surface area contributed by atoms with Gasteiger partial charge in [-0.25, -0.2) is 0 Å². The molecule has 0 heterocycles. The molecule has 1 aliphatic rings. The lowest BCUT2D eigenvalue weighted by molar-refractivity contribution is -0.140. The zero-order valence-corrected chi connectivity index (χ0v) is 10.5. The van der Waals surface area contributed by atoms with Gasteiger partial charge in [-0.1, -0.05) is 13.8 Å². The van der Waals surface area contributed by atoms with Crippen LogP contribution in [0.1, 0.15) is 13.8 Å². The Morgan fingerprint density at radius 2 is 1.82 bits per heavy atom. The molecule has 1 saturated carbocycles. The van der Waals surface area contributed by atoms with Gasteiger partial charge in [-0.15, -0.1) is 0 Å². The maximum Gasteiger partial charge on any atom is 0.307 e. The molecule has 1 rings (SSSR count). The topological polar surface area (TPSA) is 84.9 Å². The van der Waals surface area contributed by atoms with E-state index in [1.165, 1.54) is 14.2 Å². The minimum absolute atomic E-state index is 0.213. The highest BCUT2D eigenvalue weighted by molar-refractivity contribution is 5.91. The number of methoxy groups -OCH3 is 2. The second-order valence-electron chi connectivity index (χ2n) is 4.76. The number of nitrogens with one attached hydrogen (secondary N) is 1. The third-order valence-corrected chi connectivity index (χ3v) is 3.34. The predicted molar refractivity (Wildman–Crippen MR) is 59.2 cm³/mol. The van der Waals surface area contributed by atoms with Crippen molar-refractivity contribution in [2.75, 3.05) is 20.8 Å². The van der Waals surface area contributed by atoms with E-state index in [0.717, 1.165) is 0 Å². The summed E-state index contributed by atoms with van der Waals surface area (Å²) in [6, 6.07) is 0. The molecule has 0 aromatic rings. The SMILES string of the molecule is COC(CNC(=O)C1C(C(=O)O)C1(C)C)OC. The second kappa shape index (κ2) is 5.01. The van der Waals surface area contributed by atoms with Gasteiger partial charge in [-0.05, 0) is 5.41 Å². The third kappa shape index (κ3) is 2.76. The summed E-state index contributed by atoms with van der Waals surface area (Å²) in [5.41, 5.74) is -0.481. The van der Waals surface area contributed by atoms with Crippen LogP contribution in [0.15, 0.2) is 0 Å². The van der Waals surface area contributed by atoms with Crippen molar-refractivity contribution >= 4 is 11.9 Å². The van der Waals surface area contributed by atoms with Crippen LogP contribution in [0, 0.1) is 17.3 Å². The normalized spacial score (nSPS) is 25.7. The first-order valence-electron chi connectivity index (χ1n) is 5.42. The van der Waals surface area contributed by atoms with Crippen LogP contribution in [-0.4, -0.2) is 44.0 Å². The van der Waals surface area contributed by atoms with E-state index >= 15 is 0 Å². The summed E-state index contributed by atoms with van der Waals surface area (Å²) in [7, 11) is 2.95. The molecule has 2 N–H and O–H groups in total. The Hall–Kier alpha value is -1.14. The van der Waals surface area contributed by atoms with E-state index in [0.29, 0.717) is 0 Å². The summed E-state index contributed by atoms with van der Waals surface area (Å²) in [5, 5.41) is 11.6. The molecule has 0 aromatic heterocycles. The molecule has 0 saturated heterocycles. The number of carboxylic acids is 1. The largest absolute Gasteiger partial charge is 0.481 e. The molecule has 0 bridgehead atoms. The summed E-state index contributed by atoms with van der Waals surface area (Å²) >= 11 is 0. The first-order valence-corrected chi connectivity index (χ1v) is 5.42. The molecule has 17 heavy (non-hydrogen) atoms. The smallest absolute Gasteiger partial charge is 0.307 e. The highest BCUT2D eigenvalue weighted by atomic mass is 16.7. The summed E-state index contributed by atoms with van der Waals surface area (Å²) in [4.78, 5) is 22.7. The molecule has 0 aromatic carbocycles. The molecule has 0 aliphatic heterocycles. The quantitative estimate of drug-likeness (QED) is 0.647. The number of hydrogen-bond donors (Lipinski definition) is 2. The number of amides is 1. The highest BCUT2D eigenvalue weighted by Crippen LogP contribution is 2.58. The van der Waals surface area contributed by atoms with Crippen LogP contribution in [0.4, 0.5) is 0 Å². The molecule has 2 unspecified atom stereocenters. The van der Waals surface area contributed by atoms with Gasteiger partial charge in [0.05, 0.1) is 18.4 Å². The molecule has 1 fully saturated rings. The van der Waals surface area contributed by atoms with Gasteiger partial charge >= 0.3 is 5.97 Å². The van der Waals surface area contributed by atoms with Crippen molar-refractivity contribution in [2.24, 2.45) is 17.3 Å². The van der Waals surface area contributed by atoms with Crippen LogP contribution in [0.5, 0.6) is 0 Å². The highest BCUT2D eigenvalue weighted by Gasteiger charge is 2.65. The van der Waals surface area contributed by atoms with Crippen molar-refractivity contribution in [1.29, 1.82) is 0 Å². The monoisotopic (exact) mass is 245 g/mol. The molecule has 0 radical (unpaired) electrons. The minimum Gasteiger partial charge on any atom is -0.481 e. The van der Waals surface area contributed by atoms with Gasteiger partial charge in [0.2, 0.25) is 5.91 Å². The van der Waals surface area contributed by atoms with Gasteiger partial charge < -0.3 is 19.9 Å². The summed E-state index contributed by atoms with van der Waals surface area (Å²) < 4.78 is 9.85. The summed E-state index contributed by atoms with van der Waals surface area (Å²) in [6.45, 7) is 3.77. The van der Waals surface area contributed by atoms with Crippen molar-refractivity contribution in [2.45, 2.75) is 20.1 Å². The van der Waals surface area contributed by atoms with Crippen molar-refractivity contribution in [3.63, 3.8) is 0 Å². The average molecular weight is 245 g/mol. The molecule has 1 amide bonds. The lowest BCUT2D eigenvalue weighted by Gasteiger charge is -2.14. The van der Waals surface area contributed by atoms with Gasteiger partial charge in [0, 0.05) is 14.2 Å². The lowest BCUT2D eigenvalue weighted by Crippen LogP contribution is -2.36. The Balaban J connectivity index is 2.48. The molecule has 98 valence electrons.